The molecule has 4 rings (SSSR count). The van der Waals surface area contributed by atoms with Crippen LogP contribution in [0.1, 0.15) is 55.5 Å². The number of hydrogen-bond acceptors (Lipinski definition) is 3. The molecular formula is C24H29N3O2. The van der Waals surface area contributed by atoms with E-state index in [9.17, 15) is 4.79 Å². The standard InChI is InChI=1S/C24H29N3O2/c1-16(2)19-9-8-17(3)14-22(19)29-15-23(28)27-12-10-18(11-13-27)24-25-20-6-4-5-7-21(20)26-24/h4-9,14,16,18H,10-13,15H2,1-3H3,(H,25,26). The van der Waals surface area contributed by atoms with Crippen LogP contribution >= 0.6 is 0 Å². The lowest BCUT2D eigenvalue weighted by molar-refractivity contribution is -0.134. The Morgan fingerprint density at radius 3 is 2.69 bits per heavy atom. The number of nitrogens with one attached hydrogen (secondary N) is 1. The fourth-order valence-corrected chi connectivity index (χ4v) is 4.04. The molecule has 0 radical (unpaired) electrons. The van der Waals surface area contributed by atoms with E-state index in [-0.39, 0.29) is 12.5 Å². The number of amides is 1. The molecule has 1 fully saturated rings. The van der Waals surface area contributed by atoms with Gasteiger partial charge in [0.2, 0.25) is 0 Å². The summed E-state index contributed by atoms with van der Waals surface area (Å²) in [4.78, 5) is 22.8. The summed E-state index contributed by atoms with van der Waals surface area (Å²) < 4.78 is 5.94. The number of imidazole rings is 1. The Hall–Kier alpha value is -2.82. The summed E-state index contributed by atoms with van der Waals surface area (Å²) in [5, 5.41) is 0. The van der Waals surface area contributed by atoms with E-state index in [1.165, 1.54) is 0 Å². The largest absolute Gasteiger partial charge is 0.483 e. The van der Waals surface area contributed by atoms with Gasteiger partial charge in [0.1, 0.15) is 11.6 Å². The highest BCUT2D eigenvalue weighted by Crippen LogP contribution is 2.29. The molecule has 0 atom stereocenters. The highest BCUT2D eigenvalue weighted by molar-refractivity contribution is 5.78. The van der Waals surface area contributed by atoms with Crippen LogP contribution in [0.5, 0.6) is 5.75 Å². The second-order valence-electron chi connectivity index (χ2n) is 8.28. The minimum absolute atomic E-state index is 0.0595. The molecule has 0 unspecified atom stereocenters. The van der Waals surface area contributed by atoms with Crippen molar-refractivity contribution >= 4 is 16.9 Å². The second-order valence-corrected chi connectivity index (χ2v) is 8.28. The van der Waals surface area contributed by atoms with Gasteiger partial charge in [-0.05, 0) is 55.0 Å². The first-order valence-electron chi connectivity index (χ1n) is 10.5. The lowest BCUT2D eigenvalue weighted by Crippen LogP contribution is -2.40. The first-order valence-corrected chi connectivity index (χ1v) is 10.5. The summed E-state index contributed by atoms with van der Waals surface area (Å²) in [6, 6.07) is 14.3. The normalized spacial score (nSPS) is 15.2. The minimum Gasteiger partial charge on any atom is -0.483 e. The molecule has 152 valence electrons. The van der Waals surface area contributed by atoms with Crippen LogP contribution < -0.4 is 4.74 Å². The van der Waals surface area contributed by atoms with E-state index in [1.807, 2.05) is 36.1 Å². The number of aryl methyl sites for hydroxylation is 1. The molecule has 1 N–H and O–H groups in total. The van der Waals surface area contributed by atoms with Gasteiger partial charge in [0.25, 0.3) is 5.91 Å². The number of ether oxygens (including phenoxy) is 1. The van der Waals surface area contributed by atoms with Crippen molar-refractivity contribution in [3.8, 4) is 5.75 Å². The lowest BCUT2D eigenvalue weighted by Gasteiger charge is -2.31. The molecule has 1 saturated heterocycles. The number of aromatic amines is 1. The van der Waals surface area contributed by atoms with Crippen molar-refractivity contribution in [1.82, 2.24) is 14.9 Å². The molecule has 29 heavy (non-hydrogen) atoms. The molecule has 2 heterocycles. The van der Waals surface area contributed by atoms with Crippen LogP contribution in [0.2, 0.25) is 0 Å². The van der Waals surface area contributed by atoms with E-state index >= 15 is 0 Å². The molecule has 2 aromatic carbocycles. The van der Waals surface area contributed by atoms with Crippen molar-refractivity contribution in [2.45, 2.75) is 45.4 Å². The average molecular weight is 392 g/mol. The van der Waals surface area contributed by atoms with E-state index < -0.39 is 0 Å². The first-order chi connectivity index (χ1) is 14.0. The maximum atomic E-state index is 12.7. The lowest BCUT2D eigenvalue weighted by atomic mass is 9.96. The highest BCUT2D eigenvalue weighted by atomic mass is 16.5. The van der Waals surface area contributed by atoms with Gasteiger partial charge in [0, 0.05) is 19.0 Å². The zero-order valence-electron chi connectivity index (χ0n) is 17.4. The second kappa shape index (κ2) is 8.27. The Morgan fingerprint density at radius 2 is 1.97 bits per heavy atom. The molecule has 0 spiro atoms. The number of aromatic nitrogens is 2. The van der Waals surface area contributed by atoms with Crippen molar-refractivity contribution in [2.75, 3.05) is 19.7 Å². The number of nitrogens with zero attached hydrogens (tertiary/aromatic N) is 2. The van der Waals surface area contributed by atoms with Gasteiger partial charge in [-0.1, -0.05) is 38.1 Å². The number of carbonyl (C=O) groups is 1. The molecule has 5 heteroatoms. The Morgan fingerprint density at radius 1 is 1.21 bits per heavy atom. The van der Waals surface area contributed by atoms with Crippen molar-refractivity contribution in [3.63, 3.8) is 0 Å². The summed E-state index contributed by atoms with van der Waals surface area (Å²) in [5.41, 5.74) is 4.37. The Bertz CT molecular complexity index is 967. The van der Waals surface area contributed by atoms with E-state index in [4.69, 9.17) is 9.72 Å². The van der Waals surface area contributed by atoms with Crippen molar-refractivity contribution < 1.29 is 9.53 Å². The zero-order valence-corrected chi connectivity index (χ0v) is 17.4. The van der Waals surface area contributed by atoms with Gasteiger partial charge >= 0.3 is 0 Å². The fourth-order valence-electron chi connectivity index (χ4n) is 4.04. The maximum absolute atomic E-state index is 12.7. The van der Waals surface area contributed by atoms with Gasteiger partial charge in [0.15, 0.2) is 6.61 Å². The van der Waals surface area contributed by atoms with Gasteiger partial charge in [-0.3, -0.25) is 4.79 Å². The van der Waals surface area contributed by atoms with Crippen LogP contribution in [0.4, 0.5) is 0 Å². The average Bonchev–Trinajstić information content (AvgIpc) is 3.16. The molecule has 0 bridgehead atoms. The first kappa shape index (κ1) is 19.5. The molecule has 1 aliphatic rings. The molecule has 5 nitrogen and oxygen atoms in total. The third-order valence-corrected chi connectivity index (χ3v) is 5.78. The summed E-state index contributed by atoms with van der Waals surface area (Å²) in [6.07, 6.45) is 1.85. The van der Waals surface area contributed by atoms with E-state index in [1.54, 1.807) is 0 Å². The Kier molecular flexibility index (Phi) is 5.56. The summed E-state index contributed by atoms with van der Waals surface area (Å²) in [5.74, 6) is 2.66. The summed E-state index contributed by atoms with van der Waals surface area (Å²) in [6.45, 7) is 7.91. The van der Waals surface area contributed by atoms with Gasteiger partial charge in [-0.25, -0.2) is 4.98 Å². The fraction of sp³-hybridized carbons (Fsp3) is 0.417. The van der Waals surface area contributed by atoms with E-state index in [2.05, 4.69) is 37.0 Å². The van der Waals surface area contributed by atoms with Crippen LogP contribution in [-0.2, 0) is 4.79 Å². The van der Waals surface area contributed by atoms with Crippen LogP contribution in [0.15, 0.2) is 42.5 Å². The molecule has 1 amide bonds. The third kappa shape index (κ3) is 4.29. The monoisotopic (exact) mass is 391 g/mol. The summed E-state index contributed by atoms with van der Waals surface area (Å²) >= 11 is 0. The SMILES string of the molecule is Cc1ccc(C(C)C)c(OCC(=O)N2CCC(c3nc4ccccc4[nH]3)CC2)c1. The molecule has 1 aromatic heterocycles. The Balaban J connectivity index is 1.34. The number of carbonyl (C=O) groups excluding carboxylic acids is 1. The number of piperidine rings is 1. The van der Waals surface area contributed by atoms with Crippen LogP contribution in [0, 0.1) is 6.92 Å². The molecule has 0 saturated carbocycles. The maximum Gasteiger partial charge on any atom is 0.260 e. The number of likely N-dealkylation sites (tertiary alicyclic amines) is 1. The Labute approximate surface area is 172 Å². The van der Waals surface area contributed by atoms with Gasteiger partial charge in [0.05, 0.1) is 11.0 Å². The van der Waals surface area contributed by atoms with E-state index in [0.717, 1.165) is 59.7 Å². The van der Waals surface area contributed by atoms with E-state index in [0.29, 0.717) is 11.8 Å². The molecule has 3 aromatic rings. The number of H-pyrrole nitrogens is 1. The van der Waals surface area contributed by atoms with Crippen LogP contribution in [-0.4, -0.2) is 40.5 Å². The van der Waals surface area contributed by atoms with Crippen molar-refractivity contribution in [3.05, 3.63) is 59.4 Å². The number of hydrogen-bond donors (Lipinski definition) is 1. The van der Waals surface area contributed by atoms with Crippen molar-refractivity contribution in [1.29, 1.82) is 0 Å². The molecule has 0 aliphatic carbocycles. The minimum atomic E-state index is 0.0595. The topological polar surface area (TPSA) is 58.2 Å². The number of fused-ring (bicyclic) bond motifs is 1. The quantitative estimate of drug-likeness (QED) is 0.681. The smallest absolute Gasteiger partial charge is 0.260 e. The molecule has 1 aliphatic heterocycles. The predicted octanol–water partition coefficient (Wildman–Crippen LogP) is 4.78. The molecular weight excluding hydrogens is 362 g/mol. The van der Waals surface area contributed by atoms with Gasteiger partial charge < -0.3 is 14.6 Å². The zero-order chi connectivity index (χ0) is 20.4. The third-order valence-electron chi connectivity index (χ3n) is 5.78. The predicted molar refractivity (Wildman–Crippen MR) is 115 cm³/mol. The highest BCUT2D eigenvalue weighted by Gasteiger charge is 2.26. The number of rotatable bonds is 5. The van der Waals surface area contributed by atoms with Gasteiger partial charge in [-0.2, -0.15) is 0 Å². The van der Waals surface area contributed by atoms with Crippen LogP contribution in [0.25, 0.3) is 11.0 Å². The number of para-hydroxylation sites is 2. The summed E-state index contributed by atoms with van der Waals surface area (Å²) in [7, 11) is 0. The number of benzene rings is 2. The van der Waals surface area contributed by atoms with Gasteiger partial charge in [-0.15, -0.1) is 0 Å². The van der Waals surface area contributed by atoms with Crippen LogP contribution in [0.3, 0.4) is 0 Å². The van der Waals surface area contributed by atoms with Crippen molar-refractivity contribution in [2.24, 2.45) is 0 Å².